The average Bonchev–Trinajstić information content (AvgIpc) is 2.81. The van der Waals surface area contributed by atoms with Crippen LogP contribution in [0.5, 0.6) is 0 Å². The minimum atomic E-state index is -0.832. The van der Waals surface area contributed by atoms with Gasteiger partial charge in [0, 0.05) is 24.0 Å². The Balaban J connectivity index is 2.02. The number of halogens is 1. The zero-order valence-electron chi connectivity index (χ0n) is 11.1. The Bertz CT molecular complexity index is 554. The minimum absolute atomic E-state index is 0.123. The van der Waals surface area contributed by atoms with E-state index in [9.17, 15) is 14.7 Å². The molecular formula is C14H16BrNO3S. The fourth-order valence-corrected chi connectivity index (χ4v) is 3.61. The van der Waals surface area contributed by atoms with E-state index in [0.29, 0.717) is 13.0 Å². The number of rotatable bonds is 3. The monoisotopic (exact) mass is 357 g/mol. The van der Waals surface area contributed by atoms with Crippen LogP contribution in [0.15, 0.2) is 22.0 Å². The normalized spacial score (nSPS) is 23.2. The first kappa shape index (κ1) is 15.3. The molecule has 0 radical (unpaired) electrons. The second kappa shape index (κ2) is 6.10. The van der Waals surface area contributed by atoms with Crippen molar-refractivity contribution in [2.75, 3.05) is 13.1 Å². The summed E-state index contributed by atoms with van der Waals surface area (Å²) in [6.07, 6.45) is 4.64. The lowest BCUT2D eigenvalue weighted by Gasteiger charge is -2.37. The summed E-state index contributed by atoms with van der Waals surface area (Å²) in [5.41, 5.74) is -0.826. The van der Waals surface area contributed by atoms with Gasteiger partial charge in [0.15, 0.2) is 0 Å². The Labute approximate surface area is 130 Å². The van der Waals surface area contributed by atoms with Crippen LogP contribution in [0.1, 0.15) is 24.6 Å². The largest absolute Gasteiger partial charge is 0.481 e. The van der Waals surface area contributed by atoms with Gasteiger partial charge >= 0.3 is 5.97 Å². The second-order valence-electron chi connectivity index (χ2n) is 5.20. The van der Waals surface area contributed by atoms with Gasteiger partial charge in [0.25, 0.3) is 0 Å². The number of aliphatic carboxylic acids is 1. The Kier molecular flexibility index (Phi) is 4.65. The molecule has 1 atom stereocenters. The third-order valence-corrected chi connectivity index (χ3v) is 5.10. The van der Waals surface area contributed by atoms with Gasteiger partial charge in [-0.3, -0.25) is 9.59 Å². The Morgan fingerprint density at radius 2 is 2.25 bits per heavy atom. The van der Waals surface area contributed by atoms with Gasteiger partial charge in [0.05, 0.1) is 9.20 Å². The van der Waals surface area contributed by atoms with E-state index in [0.717, 1.165) is 15.1 Å². The summed E-state index contributed by atoms with van der Waals surface area (Å²) in [4.78, 5) is 26.0. The SMILES string of the molecule is CC1(C(=O)O)CCCN(C(=O)C=Cc2ccc(Br)s2)C1. The smallest absolute Gasteiger partial charge is 0.311 e. The predicted molar refractivity (Wildman–Crippen MR) is 82.6 cm³/mol. The van der Waals surface area contributed by atoms with Crippen molar-refractivity contribution < 1.29 is 14.7 Å². The second-order valence-corrected chi connectivity index (χ2v) is 7.70. The van der Waals surface area contributed by atoms with Crippen molar-refractivity contribution in [2.24, 2.45) is 5.41 Å². The van der Waals surface area contributed by atoms with Gasteiger partial charge in [-0.05, 0) is 53.9 Å². The number of thiophene rings is 1. The highest BCUT2D eigenvalue weighted by Gasteiger charge is 2.38. The number of hydrogen-bond donors (Lipinski definition) is 1. The number of carboxylic acid groups (broad SMARTS) is 1. The van der Waals surface area contributed by atoms with Gasteiger partial charge < -0.3 is 10.0 Å². The predicted octanol–water partition coefficient (Wildman–Crippen LogP) is 3.24. The van der Waals surface area contributed by atoms with Crippen LogP contribution < -0.4 is 0 Å². The van der Waals surface area contributed by atoms with Crippen molar-refractivity contribution in [1.29, 1.82) is 0 Å². The summed E-state index contributed by atoms with van der Waals surface area (Å²) in [7, 11) is 0. The highest BCUT2D eigenvalue weighted by Crippen LogP contribution is 2.30. The first-order valence-electron chi connectivity index (χ1n) is 6.36. The quantitative estimate of drug-likeness (QED) is 0.844. The number of hydrogen-bond acceptors (Lipinski definition) is 3. The zero-order chi connectivity index (χ0) is 14.8. The molecule has 20 heavy (non-hydrogen) atoms. The third-order valence-electron chi connectivity index (χ3n) is 3.51. The molecule has 1 N–H and O–H groups in total. The van der Waals surface area contributed by atoms with Crippen molar-refractivity contribution in [3.05, 3.63) is 26.9 Å². The molecule has 1 aromatic rings. The summed E-state index contributed by atoms with van der Waals surface area (Å²) < 4.78 is 1.01. The van der Waals surface area contributed by atoms with E-state index in [-0.39, 0.29) is 12.5 Å². The summed E-state index contributed by atoms with van der Waals surface area (Å²) in [6.45, 7) is 2.61. The maximum Gasteiger partial charge on any atom is 0.311 e. The number of likely N-dealkylation sites (tertiary alicyclic amines) is 1. The van der Waals surface area contributed by atoms with Crippen molar-refractivity contribution in [1.82, 2.24) is 4.90 Å². The third kappa shape index (κ3) is 3.49. The summed E-state index contributed by atoms with van der Waals surface area (Å²) in [5.74, 6) is -0.956. The van der Waals surface area contributed by atoms with E-state index in [2.05, 4.69) is 15.9 Å². The standard InChI is InChI=1S/C14H16BrNO3S/c1-14(13(18)19)7-2-8-16(9-14)12(17)6-4-10-3-5-11(15)20-10/h3-6H,2,7-9H2,1H3,(H,18,19). The fourth-order valence-electron chi connectivity index (χ4n) is 2.28. The van der Waals surface area contributed by atoms with Crippen molar-refractivity contribution >= 4 is 45.2 Å². The summed E-state index contributed by atoms with van der Waals surface area (Å²) in [5, 5.41) is 9.25. The molecule has 1 aliphatic heterocycles. The van der Waals surface area contributed by atoms with Crippen LogP contribution in [0, 0.1) is 5.41 Å². The van der Waals surface area contributed by atoms with E-state index in [1.165, 1.54) is 6.08 Å². The first-order chi connectivity index (χ1) is 9.40. The lowest BCUT2D eigenvalue weighted by atomic mass is 9.82. The molecule has 108 valence electrons. The summed E-state index contributed by atoms with van der Waals surface area (Å²) in [6, 6.07) is 3.85. The van der Waals surface area contributed by atoms with Gasteiger partial charge in [-0.15, -0.1) is 11.3 Å². The van der Waals surface area contributed by atoms with Crippen LogP contribution in [0.2, 0.25) is 0 Å². The van der Waals surface area contributed by atoms with E-state index in [4.69, 9.17) is 0 Å². The molecule has 1 aromatic heterocycles. The van der Waals surface area contributed by atoms with Crippen LogP contribution in [-0.2, 0) is 9.59 Å². The number of piperidine rings is 1. The molecule has 2 rings (SSSR count). The molecular weight excluding hydrogens is 342 g/mol. The minimum Gasteiger partial charge on any atom is -0.481 e. The molecule has 1 saturated heterocycles. The molecule has 1 unspecified atom stereocenters. The highest BCUT2D eigenvalue weighted by atomic mass is 79.9. The van der Waals surface area contributed by atoms with E-state index in [1.54, 1.807) is 29.2 Å². The first-order valence-corrected chi connectivity index (χ1v) is 7.97. The molecule has 4 nitrogen and oxygen atoms in total. The number of carbonyl (C=O) groups is 2. The average molecular weight is 358 g/mol. The molecule has 0 bridgehead atoms. The van der Waals surface area contributed by atoms with Crippen LogP contribution in [0.4, 0.5) is 0 Å². The molecule has 0 spiro atoms. The van der Waals surface area contributed by atoms with E-state index < -0.39 is 11.4 Å². The molecule has 0 aromatic carbocycles. The molecule has 6 heteroatoms. The van der Waals surface area contributed by atoms with Crippen LogP contribution in [0.25, 0.3) is 6.08 Å². The maximum atomic E-state index is 12.1. The maximum absolute atomic E-state index is 12.1. The van der Waals surface area contributed by atoms with E-state index in [1.807, 2.05) is 12.1 Å². The number of amides is 1. The number of carbonyl (C=O) groups excluding carboxylic acids is 1. The Morgan fingerprint density at radius 3 is 2.85 bits per heavy atom. The van der Waals surface area contributed by atoms with Gasteiger partial charge in [0.1, 0.15) is 0 Å². The van der Waals surface area contributed by atoms with E-state index >= 15 is 0 Å². The van der Waals surface area contributed by atoms with Gasteiger partial charge in [-0.25, -0.2) is 0 Å². The van der Waals surface area contributed by atoms with Gasteiger partial charge in [0.2, 0.25) is 5.91 Å². The molecule has 1 amide bonds. The molecule has 1 fully saturated rings. The Hall–Kier alpha value is -1.14. The lowest BCUT2D eigenvalue weighted by Crippen LogP contribution is -2.47. The van der Waals surface area contributed by atoms with Crippen LogP contribution in [-0.4, -0.2) is 35.0 Å². The number of nitrogens with zero attached hydrogens (tertiary/aromatic N) is 1. The van der Waals surface area contributed by atoms with Gasteiger partial charge in [-0.1, -0.05) is 0 Å². The molecule has 0 aliphatic carbocycles. The van der Waals surface area contributed by atoms with Gasteiger partial charge in [-0.2, -0.15) is 0 Å². The molecule has 0 saturated carbocycles. The Morgan fingerprint density at radius 1 is 1.50 bits per heavy atom. The number of carboxylic acids is 1. The molecule has 2 heterocycles. The fraction of sp³-hybridized carbons (Fsp3) is 0.429. The van der Waals surface area contributed by atoms with Crippen molar-refractivity contribution in [3.63, 3.8) is 0 Å². The van der Waals surface area contributed by atoms with Crippen LogP contribution >= 0.6 is 27.3 Å². The zero-order valence-corrected chi connectivity index (χ0v) is 13.5. The van der Waals surface area contributed by atoms with Crippen molar-refractivity contribution in [3.8, 4) is 0 Å². The van der Waals surface area contributed by atoms with Crippen molar-refractivity contribution in [2.45, 2.75) is 19.8 Å². The summed E-state index contributed by atoms with van der Waals surface area (Å²) >= 11 is 4.92. The lowest BCUT2D eigenvalue weighted by molar-refractivity contribution is -0.152. The topological polar surface area (TPSA) is 57.6 Å². The van der Waals surface area contributed by atoms with Crippen LogP contribution in [0.3, 0.4) is 0 Å². The highest BCUT2D eigenvalue weighted by molar-refractivity contribution is 9.11. The molecule has 1 aliphatic rings.